The van der Waals surface area contributed by atoms with Gasteiger partial charge < -0.3 is 15.4 Å². The lowest BCUT2D eigenvalue weighted by Gasteiger charge is -2.11. The number of urea groups is 1. The van der Waals surface area contributed by atoms with Crippen LogP contribution in [0.1, 0.15) is 5.56 Å². The van der Waals surface area contributed by atoms with Gasteiger partial charge in [0.2, 0.25) is 5.88 Å². The summed E-state index contributed by atoms with van der Waals surface area (Å²) in [6.45, 7) is 0. The Morgan fingerprint density at radius 3 is 2.48 bits per heavy atom. The van der Waals surface area contributed by atoms with Crippen molar-refractivity contribution in [2.75, 3.05) is 10.6 Å². The van der Waals surface area contributed by atoms with E-state index in [9.17, 15) is 18.0 Å². The molecular weight excluding hydrogens is 437 g/mol. The van der Waals surface area contributed by atoms with E-state index in [1.165, 1.54) is 12.1 Å². The van der Waals surface area contributed by atoms with Crippen molar-refractivity contribution in [3.8, 4) is 23.0 Å². The van der Waals surface area contributed by atoms with E-state index in [0.717, 1.165) is 17.7 Å². The number of hydrogen-bond acceptors (Lipinski definition) is 5. The first kappa shape index (κ1) is 21.8. The molecule has 0 radical (unpaired) electrons. The van der Waals surface area contributed by atoms with Gasteiger partial charge in [-0.2, -0.15) is 23.3 Å². The Balaban J connectivity index is 1.40. The monoisotopic (exact) mass is 454 g/mol. The minimum atomic E-state index is -4.44. The van der Waals surface area contributed by atoms with Crippen LogP contribution in [0.15, 0.2) is 73.2 Å². The lowest BCUT2D eigenvalue weighted by Crippen LogP contribution is -2.19. The number of hydrogen-bond donors (Lipinski definition) is 2. The van der Waals surface area contributed by atoms with Gasteiger partial charge in [0.15, 0.2) is 5.82 Å². The highest BCUT2D eigenvalue weighted by Gasteiger charge is 2.30. The Kier molecular flexibility index (Phi) is 5.94. The first-order chi connectivity index (χ1) is 15.8. The Morgan fingerprint density at radius 2 is 1.79 bits per heavy atom. The van der Waals surface area contributed by atoms with Crippen LogP contribution in [0, 0.1) is 0 Å². The van der Waals surface area contributed by atoms with Crippen LogP contribution in [-0.4, -0.2) is 25.8 Å². The first-order valence-electron chi connectivity index (χ1n) is 9.61. The zero-order valence-corrected chi connectivity index (χ0v) is 17.2. The van der Waals surface area contributed by atoms with Crippen LogP contribution in [0.2, 0.25) is 0 Å². The summed E-state index contributed by atoms with van der Waals surface area (Å²) in [6.07, 6.45) is 0.534. The predicted molar refractivity (Wildman–Crippen MR) is 115 cm³/mol. The first-order valence-corrected chi connectivity index (χ1v) is 9.61. The second-order valence-corrected chi connectivity index (χ2v) is 6.91. The second-order valence-electron chi connectivity index (χ2n) is 6.91. The molecule has 0 bridgehead atoms. The molecule has 2 aromatic heterocycles. The third-order valence-electron chi connectivity index (χ3n) is 4.38. The van der Waals surface area contributed by atoms with Gasteiger partial charge >= 0.3 is 12.2 Å². The largest absolute Gasteiger partial charge is 0.439 e. The second kappa shape index (κ2) is 8.99. The molecule has 0 aliphatic heterocycles. The molecule has 0 saturated heterocycles. The third kappa shape index (κ3) is 5.64. The number of anilines is 2. The average molecular weight is 454 g/mol. The molecule has 2 amide bonds. The Hall–Kier alpha value is -4.41. The van der Waals surface area contributed by atoms with Gasteiger partial charge in [-0.05, 0) is 36.4 Å². The summed E-state index contributed by atoms with van der Waals surface area (Å²) in [5.41, 5.74) is 0.572. The molecule has 11 heteroatoms. The molecule has 2 heterocycles. The summed E-state index contributed by atoms with van der Waals surface area (Å²) in [4.78, 5) is 20.8. The Labute approximate surface area is 186 Å². The number of nitrogens with one attached hydrogen (secondary N) is 2. The van der Waals surface area contributed by atoms with Crippen molar-refractivity contribution >= 4 is 17.4 Å². The number of nitrogens with zero attached hydrogens (tertiary/aromatic N) is 4. The summed E-state index contributed by atoms with van der Waals surface area (Å²) < 4.78 is 45.4. The number of carbonyl (C=O) groups is 1. The van der Waals surface area contributed by atoms with Crippen molar-refractivity contribution in [2.45, 2.75) is 6.18 Å². The molecule has 168 valence electrons. The van der Waals surface area contributed by atoms with Crippen LogP contribution in [0.4, 0.5) is 29.3 Å². The van der Waals surface area contributed by atoms with Gasteiger partial charge in [0.25, 0.3) is 0 Å². The van der Waals surface area contributed by atoms with Crippen LogP contribution in [-0.2, 0) is 13.2 Å². The molecule has 0 fully saturated rings. The molecule has 0 aliphatic carbocycles. The van der Waals surface area contributed by atoms with Gasteiger partial charge in [-0.25, -0.2) is 9.78 Å². The molecule has 0 saturated carbocycles. The number of halogens is 3. The topological polar surface area (TPSA) is 94.0 Å². The van der Waals surface area contributed by atoms with Crippen LogP contribution in [0.5, 0.6) is 11.6 Å². The molecular formula is C22H17F3N6O2. The van der Waals surface area contributed by atoms with E-state index in [1.807, 2.05) is 0 Å². The summed E-state index contributed by atoms with van der Waals surface area (Å²) >= 11 is 0. The number of ether oxygens (including phenoxy) is 1. The van der Waals surface area contributed by atoms with E-state index < -0.39 is 17.8 Å². The molecule has 0 atom stereocenters. The molecule has 33 heavy (non-hydrogen) atoms. The van der Waals surface area contributed by atoms with Crippen LogP contribution in [0.3, 0.4) is 0 Å². The van der Waals surface area contributed by atoms with Gasteiger partial charge in [-0.3, -0.25) is 4.68 Å². The molecule has 0 aliphatic rings. The molecule has 8 nitrogen and oxygen atoms in total. The van der Waals surface area contributed by atoms with Gasteiger partial charge in [0, 0.05) is 42.9 Å². The highest BCUT2D eigenvalue weighted by atomic mass is 19.4. The van der Waals surface area contributed by atoms with Crippen LogP contribution >= 0.6 is 0 Å². The minimum Gasteiger partial charge on any atom is -0.439 e. The summed E-state index contributed by atoms with van der Waals surface area (Å²) in [6, 6.07) is 11.7. The van der Waals surface area contributed by atoms with E-state index in [0.29, 0.717) is 23.1 Å². The van der Waals surface area contributed by atoms with Crippen LogP contribution in [0.25, 0.3) is 11.4 Å². The lowest BCUT2D eigenvalue weighted by molar-refractivity contribution is -0.137. The Morgan fingerprint density at radius 1 is 1.03 bits per heavy atom. The fourth-order valence-corrected chi connectivity index (χ4v) is 2.87. The third-order valence-corrected chi connectivity index (χ3v) is 4.38. The van der Waals surface area contributed by atoms with Crippen LogP contribution < -0.4 is 15.4 Å². The van der Waals surface area contributed by atoms with E-state index in [2.05, 4.69) is 25.7 Å². The molecule has 0 unspecified atom stereocenters. The summed E-state index contributed by atoms with van der Waals surface area (Å²) in [7, 11) is 1.79. The normalized spacial score (nSPS) is 11.2. The highest BCUT2D eigenvalue weighted by Crippen LogP contribution is 2.30. The average Bonchev–Trinajstić information content (AvgIpc) is 3.20. The molecule has 0 spiro atoms. The molecule has 4 rings (SSSR count). The van der Waals surface area contributed by atoms with Gasteiger partial charge in [0.05, 0.1) is 17.3 Å². The predicted octanol–water partition coefficient (Wildman–Crippen LogP) is 5.33. The van der Waals surface area contributed by atoms with Crippen molar-refractivity contribution < 1.29 is 22.7 Å². The summed E-state index contributed by atoms with van der Waals surface area (Å²) in [5.74, 6) is 1.17. The number of carbonyl (C=O) groups excluding carboxylic acids is 1. The lowest BCUT2D eigenvalue weighted by atomic mass is 10.2. The smallest absolute Gasteiger partial charge is 0.416 e. The fraction of sp³-hybridized carbons (Fsp3) is 0.0909. The van der Waals surface area contributed by atoms with Crippen molar-refractivity contribution in [1.29, 1.82) is 0 Å². The van der Waals surface area contributed by atoms with Crippen molar-refractivity contribution in [3.05, 3.63) is 78.8 Å². The maximum absolute atomic E-state index is 12.6. The SMILES string of the molecule is Cn1cc(-c2nccc(Oc3cccc(NC(=O)Nc4ccc(C(F)(F)F)cc4)c3)n2)cn1. The van der Waals surface area contributed by atoms with E-state index in [-0.39, 0.29) is 5.69 Å². The number of aryl methyl sites for hydroxylation is 1. The van der Waals surface area contributed by atoms with E-state index >= 15 is 0 Å². The standard InChI is InChI=1S/C22H17F3N6O2/c1-31-13-14(12-27-31)20-26-10-9-19(30-20)33-18-4-2-3-17(11-18)29-21(32)28-16-7-5-15(6-8-16)22(23,24)25/h2-13H,1H3,(H2,28,29,32). The highest BCUT2D eigenvalue weighted by molar-refractivity contribution is 5.99. The van der Waals surface area contributed by atoms with Gasteiger partial charge in [0.1, 0.15) is 5.75 Å². The van der Waals surface area contributed by atoms with E-state index in [1.54, 1.807) is 60.7 Å². The van der Waals surface area contributed by atoms with Crippen molar-refractivity contribution in [1.82, 2.24) is 19.7 Å². The van der Waals surface area contributed by atoms with Crippen molar-refractivity contribution in [3.63, 3.8) is 0 Å². The number of benzene rings is 2. The zero-order chi connectivity index (χ0) is 23.4. The zero-order valence-electron chi connectivity index (χ0n) is 17.2. The maximum atomic E-state index is 12.6. The Bertz CT molecular complexity index is 1270. The number of rotatable bonds is 5. The number of aromatic nitrogens is 4. The minimum absolute atomic E-state index is 0.219. The van der Waals surface area contributed by atoms with E-state index in [4.69, 9.17) is 4.74 Å². The van der Waals surface area contributed by atoms with Crippen molar-refractivity contribution in [2.24, 2.45) is 7.05 Å². The maximum Gasteiger partial charge on any atom is 0.416 e. The van der Waals surface area contributed by atoms with Gasteiger partial charge in [-0.1, -0.05) is 6.07 Å². The quantitative estimate of drug-likeness (QED) is 0.425. The number of alkyl halides is 3. The molecule has 2 N–H and O–H groups in total. The summed E-state index contributed by atoms with van der Waals surface area (Å²) in [5, 5.41) is 9.17. The number of amides is 2. The van der Waals surface area contributed by atoms with Gasteiger partial charge in [-0.15, -0.1) is 0 Å². The molecule has 2 aromatic carbocycles. The molecule has 4 aromatic rings. The fourth-order valence-electron chi connectivity index (χ4n) is 2.87.